The summed E-state index contributed by atoms with van der Waals surface area (Å²) in [6.45, 7) is 2.90. The van der Waals surface area contributed by atoms with Crippen LogP contribution in [0.3, 0.4) is 0 Å². The molecule has 0 saturated heterocycles. The van der Waals surface area contributed by atoms with Crippen LogP contribution in [0, 0.1) is 0 Å². The number of anilines is 1. The average Bonchev–Trinajstić information content (AvgIpc) is 2.48. The predicted molar refractivity (Wildman–Crippen MR) is 79.7 cm³/mol. The zero-order chi connectivity index (χ0) is 13.9. The normalized spacial score (nSPS) is 15.5. The molecule has 108 valence electrons. The highest BCUT2D eigenvalue weighted by atomic mass is 16.5. The van der Waals surface area contributed by atoms with Crippen molar-refractivity contribution in [2.45, 2.75) is 51.6 Å². The van der Waals surface area contributed by atoms with E-state index in [4.69, 9.17) is 4.74 Å². The lowest BCUT2D eigenvalue weighted by molar-refractivity contribution is 0.0710. The smallest absolute Gasteiger partial charge is 0.271 e. The standard InChI is InChI=1S/C8H12N2O.C7H14O/c1-2-5-9-7-4-3-6-10-8(7)11;1-8-7-5-3-2-4-6-7/h3-4,6,9H,2,5H2,1H3,(H,10,11);7H,2-6H2,1H3. The van der Waals surface area contributed by atoms with Gasteiger partial charge in [0.25, 0.3) is 5.56 Å². The fraction of sp³-hybridized carbons (Fsp3) is 0.667. The summed E-state index contributed by atoms with van der Waals surface area (Å²) in [6.07, 6.45) is 9.97. The number of aromatic nitrogens is 1. The number of methoxy groups -OCH3 is 1. The van der Waals surface area contributed by atoms with Crippen LogP contribution in [-0.2, 0) is 4.74 Å². The van der Waals surface area contributed by atoms with Gasteiger partial charge in [0.1, 0.15) is 5.69 Å². The van der Waals surface area contributed by atoms with E-state index >= 15 is 0 Å². The topological polar surface area (TPSA) is 54.1 Å². The summed E-state index contributed by atoms with van der Waals surface area (Å²) in [5, 5.41) is 3.02. The van der Waals surface area contributed by atoms with Gasteiger partial charge in [-0.05, 0) is 31.4 Å². The monoisotopic (exact) mass is 266 g/mol. The van der Waals surface area contributed by atoms with Gasteiger partial charge in [-0.15, -0.1) is 0 Å². The van der Waals surface area contributed by atoms with Gasteiger partial charge in [0.15, 0.2) is 0 Å². The lowest BCUT2D eigenvalue weighted by atomic mass is 9.98. The minimum Gasteiger partial charge on any atom is -0.381 e. The SMILES string of the molecule is CCCNc1ccc[nH]c1=O.COC1CCCCC1. The number of nitrogens with one attached hydrogen (secondary N) is 2. The van der Waals surface area contributed by atoms with Crippen LogP contribution in [-0.4, -0.2) is 24.7 Å². The van der Waals surface area contributed by atoms with Crippen molar-refractivity contribution in [1.82, 2.24) is 4.98 Å². The number of hydrogen-bond acceptors (Lipinski definition) is 3. The Morgan fingerprint density at radius 1 is 1.37 bits per heavy atom. The fourth-order valence-corrected chi connectivity index (χ4v) is 2.12. The maximum absolute atomic E-state index is 11.0. The molecule has 1 aliphatic carbocycles. The largest absolute Gasteiger partial charge is 0.381 e. The highest BCUT2D eigenvalue weighted by Crippen LogP contribution is 2.18. The van der Waals surface area contributed by atoms with E-state index in [1.165, 1.54) is 32.1 Å². The summed E-state index contributed by atoms with van der Waals surface area (Å²) < 4.78 is 5.19. The van der Waals surface area contributed by atoms with E-state index in [0.29, 0.717) is 11.8 Å². The molecular formula is C15H26N2O2. The number of rotatable bonds is 4. The Kier molecular flexibility index (Phi) is 7.98. The first kappa shape index (κ1) is 15.8. The summed E-state index contributed by atoms with van der Waals surface area (Å²) in [4.78, 5) is 13.6. The molecule has 0 radical (unpaired) electrons. The summed E-state index contributed by atoms with van der Waals surface area (Å²) in [5.74, 6) is 0. The predicted octanol–water partition coefficient (Wildman–Crippen LogP) is 3.16. The molecule has 2 rings (SSSR count). The lowest BCUT2D eigenvalue weighted by Crippen LogP contribution is -2.13. The van der Waals surface area contributed by atoms with Gasteiger partial charge in [-0.1, -0.05) is 26.2 Å². The second-order valence-electron chi connectivity index (χ2n) is 4.84. The number of H-pyrrole nitrogens is 1. The van der Waals surface area contributed by atoms with Gasteiger partial charge in [-0.2, -0.15) is 0 Å². The summed E-state index contributed by atoms with van der Waals surface area (Å²) in [7, 11) is 1.82. The number of hydrogen-bond donors (Lipinski definition) is 2. The molecule has 1 heterocycles. The molecule has 1 fully saturated rings. The lowest BCUT2D eigenvalue weighted by Gasteiger charge is -2.19. The third kappa shape index (κ3) is 6.43. The van der Waals surface area contributed by atoms with Crippen LogP contribution in [0.1, 0.15) is 45.4 Å². The van der Waals surface area contributed by atoms with Crippen molar-refractivity contribution < 1.29 is 4.74 Å². The molecule has 0 unspecified atom stereocenters. The van der Waals surface area contributed by atoms with Crippen molar-refractivity contribution in [3.05, 3.63) is 28.7 Å². The van der Waals surface area contributed by atoms with Gasteiger partial charge in [0.05, 0.1) is 6.10 Å². The Balaban J connectivity index is 0.000000200. The first-order chi connectivity index (χ1) is 9.27. The van der Waals surface area contributed by atoms with E-state index in [-0.39, 0.29) is 5.56 Å². The van der Waals surface area contributed by atoms with Gasteiger partial charge in [-0.3, -0.25) is 4.79 Å². The Morgan fingerprint density at radius 2 is 2.11 bits per heavy atom. The third-order valence-electron chi connectivity index (χ3n) is 3.27. The highest BCUT2D eigenvalue weighted by Gasteiger charge is 2.10. The number of ether oxygens (including phenoxy) is 1. The second-order valence-corrected chi connectivity index (χ2v) is 4.84. The van der Waals surface area contributed by atoms with Crippen LogP contribution >= 0.6 is 0 Å². The van der Waals surface area contributed by atoms with E-state index in [1.807, 2.05) is 7.11 Å². The number of aromatic amines is 1. The zero-order valence-corrected chi connectivity index (χ0v) is 12.1. The van der Waals surface area contributed by atoms with Gasteiger partial charge in [0, 0.05) is 19.9 Å². The second kappa shape index (κ2) is 9.62. The number of pyridine rings is 1. The van der Waals surface area contributed by atoms with E-state index in [0.717, 1.165) is 13.0 Å². The van der Waals surface area contributed by atoms with Gasteiger partial charge < -0.3 is 15.0 Å². The molecule has 0 atom stereocenters. The molecule has 1 aromatic rings. The van der Waals surface area contributed by atoms with Crippen molar-refractivity contribution in [3.63, 3.8) is 0 Å². The Morgan fingerprint density at radius 3 is 2.63 bits per heavy atom. The maximum atomic E-state index is 11.0. The summed E-state index contributed by atoms with van der Waals surface area (Å²) in [5.41, 5.74) is 0.593. The molecule has 2 N–H and O–H groups in total. The van der Waals surface area contributed by atoms with E-state index in [9.17, 15) is 4.79 Å². The van der Waals surface area contributed by atoms with E-state index in [2.05, 4.69) is 17.2 Å². The Bertz CT molecular complexity index is 384. The minimum absolute atomic E-state index is 0.0547. The molecule has 0 bridgehead atoms. The van der Waals surface area contributed by atoms with Crippen LogP contribution in [0.5, 0.6) is 0 Å². The molecule has 19 heavy (non-hydrogen) atoms. The summed E-state index contributed by atoms with van der Waals surface area (Å²) >= 11 is 0. The Labute approximate surface area is 115 Å². The quantitative estimate of drug-likeness (QED) is 0.880. The maximum Gasteiger partial charge on any atom is 0.271 e. The van der Waals surface area contributed by atoms with Crippen molar-refractivity contribution in [1.29, 1.82) is 0 Å². The van der Waals surface area contributed by atoms with Gasteiger partial charge >= 0.3 is 0 Å². The van der Waals surface area contributed by atoms with Crippen molar-refractivity contribution in [2.75, 3.05) is 19.0 Å². The summed E-state index contributed by atoms with van der Waals surface area (Å²) in [6, 6.07) is 3.58. The molecule has 0 aliphatic heterocycles. The van der Waals surface area contributed by atoms with Gasteiger partial charge in [-0.25, -0.2) is 0 Å². The van der Waals surface area contributed by atoms with Crippen molar-refractivity contribution in [2.24, 2.45) is 0 Å². The molecular weight excluding hydrogens is 240 g/mol. The molecule has 0 aromatic carbocycles. The molecule has 0 amide bonds. The molecule has 1 saturated carbocycles. The van der Waals surface area contributed by atoms with Crippen LogP contribution < -0.4 is 10.9 Å². The van der Waals surface area contributed by atoms with E-state index in [1.54, 1.807) is 18.3 Å². The van der Waals surface area contributed by atoms with Crippen molar-refractivity contribution >= 4 is 5.69 Å². The minimum atomic E-state index is -0.0547. The molecule has 4 nitrogen and oxygen atoms in total. The van der Waals surface area contributed by atoms with Crippen molar-refractivity contribution in [3.8, 4) is 0 Å². The highest BCUT2D eigenvalue weighted by molar-refractivity contribution is 5.39. The molecule has 4 heteroatoms. The fourth-order valence-electron chi connectivity index (χ4n) is 2.12. The van der Waals surface area contributed by atoms with Crippen LogP contribution in [0.2, 0.25) is 0 Å². The third-order valence-corrected chi connectivity index (χ3v) is 3.27. The average molecular weight is 266 g/mol. The molecule has 0 spiro atoms. The van der Waals surface area contributed by atoms with Gasteiger partial charge in [0.2, 0.25) is 0 Å². The van der Waals surface area contributed by atoms with Crippen LogP contribution in [0.4, 0.5) is 5.69 Å². The van der Waals surface area contributed by atoms with Crippen LogP contribution in [0.15, 0.2) is 23.1 Å². The molecule has 1 aromatic heterocycles. The first-order valence-corrected chi connectivity index (χ1v) is 7.22. The van der Waals surface area contributed by atoms with Crippen LogP contribution in [0.25, 0.3) is 0 Å². The van der Waals surface area contributed by atoms with E-state index < -0.39 is 0 Å². The molecule has 1 aliphatic rings. The zero-order valence-electron chi connectivity index (χ0n) is 12.1. The Hall–Kier alpha value is -1.29. The first-order valence-electron chi connectivity index (χ1n) is 7.22.